The highest BCUT2D eigenvalue weighted by atomic mass is 32.2. The Morgan fingerprint density at radius 1 is 1.39 bits per heavy atom. The van der Waals surface area contributed by atoms with Crippen LogP contribution >= 0.6 is 0 Å². The minimum atomic E-state index is -1.29. The van der Waals surface area contributed by atoms with E-state index in [1.807, 2.05) is 46.8 Å². The second kappa shape index (κ2) is 5.65. The van der Waals surface area contributed by atoms with Gasteiger partial charge < -0.3 is 5.11 Å². The summed E-state index contributed by atoms with van der Waals surface area (Å²) in [6.45, 7) is 9.97. The third kappa shape index (κ3) is 3.95. The maximum atomic E-state index is 12.0. The number of phenolic OH excluding ortho intramolecular Hbond substituents is 1. The Morgan fingerprint density at radius 2 is 2.00 bits per heavy atom. The van der Waals surface area contributed by atoms with Crippen LogP contribution in [-0.2, 0) is 11.0 Å². The van der Waals surface area contributed by atoms with Crippen molar-refractivity contribution in [2.24, 2.45) is 9.81 Å². The van der Waals surface area contributed by atoms with Crippen LogP contribution in [0.5, 0.6) is 5.75 Å². The molecule has 100 valence electrons. The predicted octanol–water partition coefficient (Wildman–Crippen LogP) is 3.22. The average Bonchev–Trinajstić information content (AvgIpc) is 2.27. The van der Waals surface area contributed by atoms with Gasteiger partial charge >= 0.3 is 0 Å². The van der Waals surface area contributed by atoms with Crippen molar-refractivity contribution in [3.63, 3.8) is 0 Å². The van der Waals surface area contributed by atoms with Crippen LogP contribution in [0.4, 0.5) is 0 Å². The molecule has 0 saturated carbocycles. The number of phenols is 1. The van der Waals surface area contributed by atoms with E-state index in [9.17, 15) is 9.32 Å². The van der Waals surface area contributed by atoms with Gasteiger partial charge in [-0.2, -0.15) is 4.40 Å². The summed E-state index contributed by atoms with van der Waals surface area (Å²) in [5, 5.41) is 9.62. The Balaban J connectivity index is 2.87. The molecule has 0 saturated heterocycles. The summed E-state index contributed by atoms with van der Waals surface area (Å²) >= 11 is 0. The van der Waals surface area contributed by atoms with E-state index in [0.717, 1.165) is 5.56 Å². The van der Waals surface area contributed by atoms with Crippen molar-refractivity contribution in [1.29, 1.82) is 0 Å². The molecular formula is C14H21NO2S. The van der Waals surface area contributed by atoms with Gasteiger partial charge in [0.1, 0.15) is 16.7 Å². The van der Waals surface area contributed by atoms with Crippen LogP contribution in [0.1, 0.15) is 38.8 Å². The number of nitrogens with zero attached hydrogens (tertiary/aromatic N) is 1. The van der Waals surface area contributed by atoms with Gasteiger partial charge in [0.05, 0.1) is 5.25 Å². The highest BCUT2D eigenvalue weighted by Gasteiger charge is 2.25. The molecular weight excluding hydrogens is 246 g/mol. The lowest BCUT2D eigenvalue weighted by Gasteiger charge is -2.24. The second-order valence-electron chi connectivity index (χ2n) is 5.58. The number of hydrogen-bond acceptors (Lipinski definition) is 2. The molecule has 1 rings (SSSR count). The molecule has 4 heteroatoms. The summed E-state index contributed by atoms with van der Waals surface area (Å²) in [6, 6.07) is 5.26. The predicted molar refractivity (Wildman–Crippen MR) is 77.5 cm³/mol. The zero-order chi connectivity index (χ0) is 13.9. The monoisotopic (exact) mass is 267 g/mol. The van der Waals surface area contributed by atoms with Crippen LogP contribution in [-0.4, -0.2) is 20.8 Å². The lowest BCUT2D eigenvalue weighted by molar-refractivity contribution is 0.403. The van der Waals surface area contributed by atoms with Gasteiger partial charge in [-0.15, -0.1) is 0 Å². The van der Waals surface area contributed by atoms with E-state index in [0.29, 0.717) is 5.56 Å². The van der Waals surface area contributed by atoms with Crippen molar-refractivity contribution < 1.29 is 9.32 Å². The quantitative estimate of drug-likeness (QED) is 0.855. The molecule has 0 radical (unpaired) electrons. The van der Waals surface area contributed by atoms with Gasteiger partial charge in [-0.25, -0.2) is 4.21 Å². The highest BCUT2D eigenvalue weighted by molar-refractivity contribution is 7.84. The zero-order valence-corrected chi connectivity index (χ0v) is 12.4. The third-order valence-corrected chi connectivity index (χ3v) is 4.63. The molecule has 1 N–H and O–H groups in total. The van der Waals surface area contributed by atoms with Gasteiger partial charge in [0.2, 0.25) is 0 Å². The van der Waals surface area contributed by atoms with Gasteiger partial charge in [0.25, 0.3) is 0 Å². The topological polar surface area (TPSA) is 49.7 Å². The molecule has 0 aliphatic carbocycles. The van der Waals surface area contributed by atoms with Gasteiger partial charge in [-0.3, -0.25) is 0 Å². The van der Waals surface area contributed by atoms with Gasteiger partial charge in [0, 0.05) is 11.8 Å². The first-order valence-electron chi connectivity index (χ1n) is 5.96. The van der Waals surface area contributed by atoms with Crippen LogP contribution in [0.3, 0.4) is 0 Å². The SMILES string of the molecule is Cc1ccc(O)c(C=NS(=O)[C@@H](C)C(C)(C)C)c1. The molecule has 0 aliphatic rings. The summed E-state index contributed by atoms with van der Waals surface area (Å²) in [6.07, 6.45) is 1.49. The molecule has 18 heavy (non-hydrogen) atoms. The first-order chi connectivity index (χ1) is 8.21. The lowest BCUT2D eigenvalue weighted by atomic mass is 9.93. The fraction of sp³-hybridized carbons (Fsp3) is 0.500. The second-order valence-corrected chi connectivity index (χ2v) is 7.05. The van der Waals surface area contributed by atoms with Crippen molar-refractivity contribution >= 4 is 17.2 Å². The number of benzene rings is 1. The normalized spacial score (nSPS) is 15.8. The molecule has 1 aromatic rings. The zero-order valence-electron chi connectivity index (χ0n) is 11.6. The largest absolute Gasteiger partial charge is 0.507 e. The van der Waals surface area contributed by atoms with E-state index in [1.165, 1.54) is 6.21 Å². The summed E-state index contributed by atoms with van der Waals surface area (Å²) < 4.78 is 16.0. The number of aromatic hydroxyl groups is 1. The first-order valence-corrected chi connectivity index (χ1v) is 7.13. The van der Waals surface area contributed by atoms with Gasteiger partial charge in [-0.1, -0.05) is 32.4 Å². The molecule has 0 fully saturated rings. The van der Waals surface area contributed by atoms with E-state index in [2.05, 4.69) is 4.40 Å². The van der Waals surface area contributed by atoms with Crippen molar-refractivity contribution in [3.8, 4) is 5.75 Å². The van der Waals surface area contributed by atoms with Crippen LogP contribution in [0.25, 0.3) is 0 Å². The molecule has 1 aromatic carbocycles. The van der Waals surface area contributed by atoms with E-state index in [-0.39, 0.29) is 16.4 Å². The van der Waals surface area contributed by atoms with E-state index in [1.54, 1.807) is 6.07 Å². The Morgan fingerprint density at radius 3 is 2.56 bits per heavy atom. The molecule has 0 amide bonds. The van der Waals surface area contributed by atoms with Crippen LogP contribution in [0.2, 0.25) is 0 Å². The summed E-state index contributed by atoms with van der Waals surface area (Å²) in [4.78, 5) is 0. The standard InChI is InChI=1S/C14H21NO2S/c1-10-6-7-13(16)12(8-10)9-15-18(17)11(2)14(3,4)5/h6-9,11,16H,1-5H3/t11-,18?/m0/s1. The van der Waals surface area contributed by atoms with E-state index in [4.69, 9.17) is 0 Å². The number of rotatable bonds is 3. The molecule has 1 unspecified atom stereocenters. The summed E-state index contributed by atoms with van der Waals surface area (Å²) in [5.74, 6) is 0.157. The number of hydrogen-bond donors (Lipinski definition) is 1. The average molecular weight is 267 g/mol. The van der Waals surface area contributed by atoms with Crippen molar-refractivity contribution in [2.45, 2.75) is 39.9 Å². The molecule has 0 bridgehead atoms. The Hall–Kier alpha value is -1.16. The summed E-state index contributed by atoms with van der Waals surface area (Å²) in [7, 11) is -1.29. The fourth-order valence-corrected chi connectivity index (χ4v) is 2.28. The summed E-state index contributed by atoms with van der Waals surface area (Å²) in [5.41, 5.74) is 1.57. The highest BCUT2D eigenvalue weighted by Crippen LogP contribution is 2.24. The molecule has 0 aromatic heterocycles. The lowest BCUT2D eigenvalue weighted by Crippen LogP contribution is -2.26. The van der Waals surface area contributed by atoms with Gasteiger partial charge in [-0.05, 0) is 31.4 Å². The Labute approximate surface area is 112 Å². The third-order valence-electron chi connectivity index (χ3n) is 3.00. The fourth-order valence-electron chi connectivity index (χ4n) is 1.28. The van der Waals surface area contributed by atoms with Crippen molar-refractivity contribution in [3.05, 3.63) is 29.3 Å². The van der Waals surface area contributed by atoms with Crippen molar-refractivity contribution in [1.82, 2.24) is 0 Å². The van der Waals surface area contributed by atoms with E-state index < -0.39 is 11.0 Å². The van der Waals surface area contributed by atoms with Crippen LogP contribution in [0.15, 0.2) is 22.6 Å². The smallest absolute Gasteiger partial charge is 0.142 e. The minimum absolute atomic E-state index is 0.0410. The molecule has 3 nitrogen and oxygen atoms in total. The van der Waals surface area contributed by atoms with Crippen LogP contribution < -0.4 is 0 Å². The van der Waals surface area contributed by atoms with Crippen LogP contribution in [0, 0.1) is 12.3 Å². The Kier molecular flexibility index (Phi) is 4.68. The molecule has 0 aliphatic heterocycles. The maximum Gasteiger partial charge on any atom is 0.142 e. The molecule has 0 spiro atoms. The number of aryl methyl sites for hydroxylation is 1. The molecule has 0 heterocycles. The maximum absolute atomic E-state index is 12.0. The van der Waals surface area contributed by atoms with Crippen molar-refractivity contribution in [2.75, 3.05) is 0 Å². The first kappa shape index (κ1) is 14.9. The minimum Gasteiger partial charge on any atom is -0.507 e. The van der Waals surface area contributed by atoms with E-state index >= 15 is 0 Å². The Bertz CT molecular complexity index is 475. The molecule has 2 atom stereocenters. The van der Waals surface area contributed by atoms with Gasteiger partial charge in [0.15, 0.2) is 0 Å².